The number of thioether (sulfide) groups is 1. The third-order valence-electron chi connectivity index (χ3n) is 4.53. The summed E-state index contributed by atoms with van der Waals surface area (Å²) in [6.45, 7) is 9.54. The summed E-state index contributed by atoms with van der Waals surface area (Å²) in [5, 5.41) is 3.06. The highest BCUT2D eigenvalue weighted by Gasteiger charge is 2.26. The number of amides is 2. The van der Waals surface area contributed by atoms with E-state index in [1.165, 1.54) is 17.2 Å². The van der Waals surface area contributed by atoms with Crippen LogP contribution in [0.1, 0.15) is 19.4 Å². The molecule has 2 aliphatic rings. The number of rotatable bonds is 2. The zero-order valence-electron chi connectivity index (χ0n) is 14.7. The van der Waals surface area contributed by atoms with Crippen LogP contribution in [0.25, 0.3) is 0 Å². The smallest absolute Gasteiger partial charge is 0.322 e. The molecule has 0 aliphatic carbocycles. The molecule has 2 amide bonds. The fraction of sp³-hybridized carbons (Fsp3) is 0.611. The molecule has 0 saturated carbocycles. The zero-order valence-corrected chi connectivity index (χ0v) is 15.6. The summed E-state index contributed by atoms with van der Waals surface area (Å²) >= 11 is 2.01. The molecule has 1 aromatic carbocycles. The lowest BCUT2D eigenvalue weighted by atomic mass is 10.1. The third-order valence-corrected chi connectivity index (χ3v) is 5.48. The van der Waals surface area contributed by atoms with Gasteiger partial charge in [0.15, 0.2) is 0 Å². The van der Waals surface area contributed by atoms with Gasteiger partial charge in [0.25, 0.3) is 0 Å². The summed E-state index contributed by atoms with van der Waals surface area (Å²) in [5.74, 6) is 2.37. The van der Waals surface area contributed by atoms with Gasteiger partial charge in [-0.3, -0.25) is 0 Å². The lowest BCUT2D eigenvalue weighted by molar-refractivity contribution is -0.0530. The summed E-state index contributed by atoms with van der Waals surface area (Å²) in [6, 6.07) is 6.28. The van der Waals surface area contributed by atoms with Crippen molar-refractivity contribution >= 4 is 29.2 Å². The van der Waals surface area contributed by atoms with Crippen molar-refractivity contribution in [1.82, 2.24) is 4.90 Å². The number of ether oxygens (including phenoxy) is 1. The minimum Gasteiger partial charge on any atom is -0.372 e. The summed E-state index contributed by atoms with van der Waals surface area (Å²) in [6.07, 6.45) is 0.167. The van der Waals surface area contributed by atoms with E-state index in [1.54, 1.807) is 0 Å². The van der Waals surface area contributed by atoms with Gasteiger partial charge in [-0.05, 0) is 44.5 Å². The maximum atomic E-state index is 12.5. The number of morpholine rings is 1. The Bertz CT molecular complexity index is 580. The van der Waals surface area contributed by atoms with Crippen LogP contribution in [0.3, 0.4) is 0 Å². The first kappa shape index (κ1) is 17.4. The average molecular weight is 350 g/mol. The molecule has 2 heterocycles. The molecule has 0 spiro atoms. The molecular formula is C18H27N3O2S. The van der Waals surface area contributed by atoms with E-state index in [-0.39, 0.29) is 18.2 Å². The summed E-state index contributed by atoms with van der Waals surface area (Å²) in [5.41, 5.74) is 3.25. The number of nitrogens with one attached hydrogen (secondary N) is 1. The topological polar surface area (TPSA) is 44.8 Å². The molecule has 0 radical (unpaired) electrons. The number of aryl methyl sites for hydroxylation is 1. The highest BCUT2D eigenvalue weighted by Crippen LogP contribution is 2.25. The molecule has 24 heavy (non-hydrogen) atoms. The van der Waals surface area contributed by atoms with E-state index in [4.69, 9.17) is 4.74 Å². The lowest BCUT2D eigenvalue weighted by Gasteiger charge is -2.35. The molecule has 2 aliphatic heterocycles. The van der Waals surface area contributed by atoms with Gasteiger partial charge < -0.3 is 19.9 Å². The average Bonchev–Trinajstić information content (AvgIpc) is 2.56. The fourth-order valence-corrected chi connectivity index (χ4v) is 4.25. The predicted molar refractivity (Wildman–Crippen MR) is 101 cm³/mol. The van der Waals surface area contributed by atoms with Gasteiger partial charge in [-0.15, -0.1) is 0 Å². The van der Waals surface area contributed by atoms with E-state index in [9.17, 15) is 4.79 Å². The Labute approximate surface area is 148 Å². The Kier molecular flexibility index (Phi) is 5.56. The highest BCUT2D eigenvalue weighted by atomic mass is 32.2. The van der Waals surface area contributed by atoms with Crippen LogP contribution in [0.2, 0.25) is 0 Å². The number of nitrogens with zero attached hydrogens (tertiary/aromatic N) is 2. The Morgan fingerprint density at radius 2 is 1.88 bits per heavy atom. The molecule has 5 nitrogen and oxygen atoms in total. The van der Waals surface area contributed by atoms with Gasteiger partial charge >= 0.3 is 6.03 Å². The van der Waals surface area contributed by atoms with Gasteiger partial charge in [0.05, 0.1) is 12.2 Å². The van der Waals surface area contributed by atoms with Crippen LogP contribution >= 0.6 is 11.8 Å². The number of carbonyl (C=O) groups excluding carboxylic acids is 1. The fourth-order valence-electron chi connectivity index (χ4n) is 3.34. The molecule has 1 aromatic rings. The number of anilines is 2. The van der Waals surface area contributed by atoms with Crippen LogP contribution in [0.15, 0.2) is 18.2 Å². The molecule has 2 atom stereocenters. The third kappa shape index (κ3) is 4.16. The molecule has 0 unspecified atom stereocenters. The number of hydrogen-bond donors (Lipinski definition) is 1. The normalized spacial score (nSPS) is 24.8. The SMILES string of the molecule is Cc1cc(N2CCSCC2)ccc1NC(=O)N1C[C@@H](C)O[C@H](C)C1. The number of carbonyl (C=O) groups is 1. The highest BCUT2D eigenvalue weighted by molar-refractivity contribution is 7.99. The first-order valence-corrected chi connectivity index (χ1v) is 9.83. The maximum absolute atomic E-state index is 12.5. The van der Waals surface area contributed by atoms with E-state index in [0.29, 0.717) is 13.1 Å². The monoisotopic (exact) mass is 349 g/mol. The van der Waals surface area contributed by atoms with Gasteiger partial charge in [-0.25, -0.2) is 4.79 Å². The Morgan fingerprint density at radius 3 is 2.50 bits per heavy atom. The first-order chi connectivity index (χ1) is 11.5. The minimum atomic E-state index is -0.0396. The van der Waals surface area contributed by atoms with Crippen molar-refractivity contribution in [3.05, 3.63) is 23.8 Å². The van der Waals surface area contributed by atoms with Crippen LogP contribution in [-0.4, -0.2) is 60.8 Å². The summed E-state index contributed by atoms with van der Waals surface area (Å²) < 4.78 is 5.69. The molecule has 132 valence electrons. The van der Waals surface area contributed by atoms with E-state index >= 15 is 0 Å². The molecule has 2 saturated heterocycles. The Hall–Kier alpha value is -1.40. The van der Waals surface area contributed by atoms with Crippen LogP contribution in [0.5, 0.6) is 0 Å². The summed E-state index contributed by atoms with van der Waals surface area (Å²) in [4.78, 5) is 16.8. The van der Waals surface area contributed by atoms with Crippen molar-refractivity contribution in [1.29, 1.82) is 0 Å². The lowest BCUT2D eigenvalue weighted by Crippen LogP contribution is -2.49. The molecule has 1 N–H and O–H groups in total. The second-order valence-corrected chi connectivity index (χ2v) is 7.92. The largest absolute Gasteiger partial charge is 0.372 e. The van der Waals surface area contributed by atoms with E-state index < -0.39 is 0 Å². The Morgan fingerprint density at radius 1 is 1.21 bits per heavy atom. The van der Waals surface area contributed by atoms with Crippen LogP contribution < -0.4 is 10.2 Å². The molecular weight excluding hydrogens is 322 g/mol. The van der Waals surface area contributed by atoms with Crippen molar-refractivity contribution in [2.75, 3.05) is 47.9 Å². The van der Waals surface area contributed by atoms with Crippen LogP contribution in [0, 0.1) is 6.92 Å². The van der Waals surface area contributed by atoms with Gasteiger partial charge in [0, 0.05) is 49.1 Å². The minimum absolute atomic E-state index is 0.0396. The zero-order chi connectivity index (χ0) is 17.1. The number of hydrogen-bond acceptors (Lipinski definition) is 4. The van der Waals surface area contributed by atoms with Crippen molar-refractivity contribution < 1.29 is 9.53 Å². The first-order valence-electron chi connectivity index (χ1n) is 8.67. The predicted octanol–water partition coefficient (Wildman–Crippen LogP) is 3.19. The van der Waals surface area contributed by atoms with Gasteiger partial charge in [0.1, 0.15) is 0 Å². The standard InChI is InChI=1S/C18H27N3O2S/c1-13-10-16(20-6-8-24-9-7-20)4-5-17(13)19-18(22)21-11-14(2)23-15(3)12-21/h4-5,10,14-15H,6-9,11-12H2,1-3H3,(H,19,22)/t14-,15-/m1/s1. The van der Waals surface area contributed by atoms with Gasteiger partial charge in [-0.1, -0.05) is 0 Å². The summed E-state index contributed by atoms with van der Waals surface area (Å²) in [7, 11) is 0. The molecule has 6 heteroatoms. The second kappa shape index (κ2) is 7.66. The van der Waals surface area contributed by atoms with E-state index in [1.807, 2.05) is 36.6 Å². The van der Waals surface area contributed by atoms with Gasteiger partial charge in [-0.2, -0.15) is 11.8 Å². The quantitative estimate of drug-likeness (QED) is 0.891. The molecule has 0 aromatic heterocycles. The molecule has 2 fully saturated rings. The van der Waals surface area contributed by atoms with Gasteiger partial charge in [0.2, 0.25) is 0 Å². The van der Waals surface area contributed by atoms with Crippen molar-refractivity contribution in [2.45, 2.75) is 33.0 Å². The van der Waals surface area contributed by atoms with Crippen molar-refractivity contribution in [3.8, 4) is 0 Å². The van der Waals surface area contributed by atoms with Crippen LogP contribution in [0.4, 0.5) is 16.2 Å². The number of benzene rings is 1. The Balaban J connectivity index is 1.65. The molecule has 0 bridgehead atoms. The van der Waals surface area contributed by atoms with E-state index in [2.05, 4.69) is 29.3 Å². The second-order valence-electron chi connectivity index (χ2n) is 6.69. The number of urea groups is 1. The van der Waals surface area contributed by atoms with Crippen molar-refractivity contribution in [3.63, 3.8) is 0 Å². The van der Waals surface area contributed by atoms with Crippen molar-refractivity contribution in [2.24, 2.45) is 0 Å². The maximum Gasteiger partial charge on any atom is 0.322 e. The molecule has 3 rings (SSSR count). The van der Waals surface area contributed by atoms with E-state index in [0.717, 1.165) is 24.3 Å². The van der Waals surface area contributed by atoms with Crippen LogP contribution in [-0.2, 0) is 4.74 Å².